The van der Waals surface area contributed by atoms with E-state index in [-0.39, 0.29) is 11.0 Å². The van der Waals surface area contributed by atoms with Gasteiger partial charge in [0.2, 0.25) is 0 Å². The molecule has 60 valence electrons. The van der Waals surface area contributed by atoms with Crippen LogP contribution in [0.3, 0.4) is 0 Å². The first-order chi connectivity index (χ1) is 4.80. The fourth-order valence-corrected chi connectivity index (χ4v) is 0.818. The van der Waals surface area contributed by atoms with Gasteiger partial charge in [0.15, 0.2) is 0 Å². The standard InChI is InChI=1S/C6H15B3O2/c1-3(2)6(8,9)4(7)5(10)11/h3-4H,7-9H2,1-2H3,(H,10,11). The van der Waals surface area contributed by atoms with Crippen molar-refractivity contribution in [3.8, 4) is 0 Å². The normalized spacial score (nSPS) is 14.8. The fraction of sp³-hybridized carbons (Fsp3) is 0.833. The topological polar surface area (TPSA) is 37.3 Å². The number of hydrogen-bond donors (Lipinski definition) is 1. The van der Waals surface area contributed by atoms with Gasteiger partial charge < -0.3 is 5.11 Å². The predicted molar refractivity (Wildman–Crippen MR) is 54.5 cm³/mol. The molecular formula is C6H15B3O2. The second-order valence-electron chi connectivity index (χ2n) is 4.04. The number of carboxylic acids is 1. The summed E-state index contributed by atoms with van der Waals surface area (Å²) in [4.78, 5) is 10.7. The molecule has 0 amide bonds. The summed E-state index contributed by atoms with van der Waals surface area (Å²) in [6.45, 7) is 4.11. The molecule has 0 saturated carbocycles. The van der Waals surface area contributed by atoms with Crippen molar-refractivity contribution in [1.82, 2.24) is 0 Å². The minimum absolute atomic E-state index is 0.119. The summed E-state index contributed by atoms with van der Waals surface area (Å²) < 4.78 is 0. The summed E-state index contributed by atoms with van der Waals surface area (Å²) in [6.07, 6.45) is 0. The summed E-state index contributed by atoms with van der Waals surface area (Å²) >= 11 is 0. The van der Waals surface area contributed by atoms with Gasteiger partial charge >= 0.3 is 0 Å². The van der Waals surface area contributed by atoms with Gasteiger partial charge in [-0.1, -0.05) is 25.0 Å². The number of hydrogen-bond acceptors (Lipinski definition) is 1. The van der Waals surface area contributed by atoms with Gasteiger partial charge in [-0.15, -0.1) is 0 Å². The molecule has 0 spiro atoms. The molecule has 1 atom stereocenters. The van der Waals surface area contributed by atoms with E-state index in [1.54, 1.807) is 7.85 Å². The molecule has 0 aliphatic rings. The lowest BCUT2D eigenvalue weighted by Gasteiger charge is -2.33. The molecule has 2 nitrogen and oxygen atoms in total. The Kier molecular flexibility index (Phi) is 3.27. The molecule has 0 aromatic heterocycles. The molecule has 0 heterocycles. The zero-order valence-electron chi connectivity index (χ0n) is 8.01. The van der Waals surface area contributed by atoms with Crippen LogP contribution in [-0.4, -0.2) is 34.6 Å². The molecule has 0 saturated heterocycles. The van der Waals surface area contributed by atoms with Gasteiger partial charge in [-0.3, -0.25) is 4.79 Å². The lowest BCUT2D eigenvalue weighted by atomic mass is 9.39. The van der Waals surface area contributed by atoms with E-state index in [9.17, 15) is 4.79 Å². The van der Waals surface area contributed by atoms with E-state index >= 15 is 0 Å². The van der Waals surface area contributed by atoms with Crippen molar-refractivity contribution >= 4 is 29.5 Å². The molecule has 0 aromatic carbocycles. The second kappa shape index (κ2) is 3.37. The monoisotopic (exact) mass is 152 g/mol. The van der Waals surface area contributed by atoms with Crippen LogP contribution in [0.4, 0.5) is 0 Å². The smallest absolute Gasteiger partial charge is 0.297 e. The van der Waals surface area contributed by atoms with Gasteiger partial charge in [0, 0.05) is 5.82 Å². The van der Waals surface area contributed by atoms with Gasteiger partial charge in [0.25, 0.3) is 5.97 Å². The van der Waals surface area contributed by atoms with Crippen LogP contribution in [0.25, 0.3) is 0 Å². The Morgan fingerprint density at radius 3 is 1.91 bits per heavy atom. The van der Waals surface area contributed by atoms with Crippen molar-refractivity contribution < 1.29 is 9.90 Å². The van der Waals surface area contributed by atoms with E-state index in [0.29, 0.717) is 5.92 Å². The Bertz CT molecular complexity index is 156. The molecule has 1 unspecified atom stereocenters. The molecule has 1 N–H and O–H groups in total. The number of rotatable bonds is 3. The van der Waals surface area contributed by atoms with Crippen molar-refractivity contribution in [2.24, 2.45) is 5.92 Å². The fourth-order valence-electron chi connectivity index (χ4n) is 0.818. The molecule has 0 fully saturated rings. The largest absolute Gasteiger partial charge is 0.482 e. The first kappa shape index (κ1) is 10.7. The van der Waals surface area contributed by atoms with Crippen LogP contribution < -0.4 is 0 Å². The Morgan fingerprint density at radius 2 is 1.82 bits per heavy atom. The number of aliphatic carboxylic acids is 1. The quantitative estimate of drug-likeness (QED) is 0.501. The average Bonchev–Trinajstić information content (AvgIpc) is 1.85. The zero-order valence-corrected chi connectivity index (χ0v) is 8.01. The van der Waals surface area contributed by atoms with E-state index in [1.165, 1.54) is 0 Å². The predicted octanol–water partition coefficient (Wildman–Crippen LogP) is -1.47. The Hall–Kier alpha value is -0.335. The van der Waals surface area contributed by atoms with Crippen LogP contribution in [0.5, 0.6) is 0 Å². The highest BCUT2D eigenvalue weighted by Gasteiger charge is 2.33. The van der Waals surface area contributed by atoms with E-state index in [2.05, 4.69) is 13.8 Å². The van der Waals surface area contributed by atoms with E-state index < -0.39 is 5.97 Å². The van der Waals surface area contributed by atoms with Crippen molar-refractivity contribution in [3.05, 3.63) is 0 Å². The lowest BCUT2D eigenvalue weighted by molar-refractivity contribution is -0.137. The first-order valence-electron chi connectivity index (χ1n) is 4.03. The lowest BCUT2D eigenvalue weighted by Crippen LogP contribution is -2.30. The van der Waals surface area contributed by atoms with Gasteiger partial charge in [-0.05, 0) is 0 Å². The Labute approximate surface area is 71.0 Å². The number of carbonyl (C=O) groups is 1. The summed E-state index contributed by atoms with van der Waals surface area (Å²) in [5.74, 6) is -0.584. The molecule has 0 aliphatic carbocycles. The van der Waals surface area contributed by atoms with Crippen LogP contribution in [0.1, 0.15) is 13.8 Å². The van der Waals surface area contributed by atoms with Gasteiger partial charge in [0.05, 0.1) is 15.7 Å². The van der Waals surface area contributed by atoms with E-state index in [0.717, 1.165) is 0 Å². The maximum atomic E-state index is 10.7. The minimum Gasteiger partial charge on any atom is -0.482 e. The summed E-state index contributed by atoms with van der Waals surface area (Å²) in [7, 11) is 5.76. The van der Waals surface area contributed by atoms with Crippen molar-refractivity contribution in [1.29, 1.82) is 0 Å². The van der Waals surface area contributed by atoms with Crippen LogP contribution >= 0.6 is 0 Å². The van der Waals surface area contributed by atoms with Crippen LogP contribution in [0.15, 0.2) is 0 Å². The molecule has 11 heavy (non-hydrogen) atoms. The summed E-state index contributed by atoms with van der Waals surface area (Å²) in [5, 5.41) is 8.65. The third-order valence-corrected chi connectivity index (χ3v) is 2.97. The third kappa shape index (κ3) is 2.31. The molecule has 0 bridgehead atoms. The minimum atomic E-state index is -0.705. The van der Waals surface area contributed by atoms with E-state index in [1.807, 2.05) is 15.7 Å². The highest BCUT2D eigenvalue weighted by atomic mass is 16.4. The molecule has 0 aliphatic heterocycles. The molecular weight excluding hydrogens is 136 g/mol. The van der Waals surface area contributed by atoms with Gasteiger partial charge in [0.1, 0.15) is 7.85 Å². The maximum Gasteiger partial charge on any atom is 0.297 e. The van der Waals surface area contributed by atoms with Gasteiger partial charge in [-0.2, -0.15) is 0 Å². The van der Waals surface area contributed by atoms with Crippen LogP contribution in [0, 0.1) is 5.92 Å². The number of carboxylic acid groups (broad SMARTS) is 1. The van der Waals surface area contributed by atoms with Crippen molar-refractivity contribution in [2.45, 2.75) is 24.9 Å². The molecule has 0 aromatic rings. The molecule has 0 radical (unpaired) electrons. The highest BCUT2D eigenvalue weighted by Crippen LogP contribution is 2.38. The van der Waals surface area contributed by atoms with Crippen LogP contribution in [0.2, 0.25) is 11.0 Å². The first-order valence-corrected chi connectivity index (χ1v) is 4.03. The van der Waals surface area contributed by atoms with E-state index in [4.69, 9.17) is 5.11 Å². The molecule has 0 rings (SSSR count). The third-order valence-electron chi connectivity index (χ3n) is 2.97. The molecule has 5 heteroatoms. The van der Waals surface area contributed by atoms with Crippen molar-refractivity contribution in [2.75, 3.05) is 0 Å². The summed E-state index contributed by atoms with van der Waals surface area (Å²) in [6, 6.07) is 0. The maximum absolute atomic E-state index is 10.7. The Morgan fingerprint density at radius 1 is 1.45 bits per heavy atom. The average molecular weight is 152 g/mol. The summed E-state index contributed by atoms with van der Waals surface area (Å²) in [5.41, 5.74) is 0. The highest BCUT2D eigenvalue weighted by molar-refractivity contribution is 6.47. The SMILES string of the molecule is BC(C(=O)O)C(B)(B)C(C)C. The van der Waals surface area contributed by atoms with Crippen LogP contribution in [-0.2, 0) is 4.79 Å². The zero-order chi connectivity index (χ0) is 9.23. The Balaban J connectivity index is 4.41. The van der Waals surface area contributed by atoms with Crippen molar-refractivity contribution in [3.63, 3.8) is 0 Å². The second-order valence-corrected chi connectivity index (χ2v) is 4.04. The van der Waals surface area contributed by atoms with Gasteiger partial charge in [-0.25, -0.2) is 0 Å².